The maximum atomic E-state index is 10.7. The number of aliphatic hydroxyl groups is 1. The first-order chi connectivity index (χ1) is 8.95. The normalized spacial score (nSPS) is 14.3. The highest BCUT2D eigenvalue weighted by Gasteiger charge is 2.20. The van der Waals surface area contributed by atoms with Crippen LogP contribution in [0.3, 0.4) is 0 Å². The highest BCUT2D eigenvalue weighted by atomic mass is 16.6. The zero-order chi connectivity index (χ0) is 14.4. The van der Waals surface area contributed by atoms with Gasteiger partial charge in [0.2, 0.25) is 0 Å². The Morgan fingerprint density at radius 2 is 2.21 bits per heavy atom. The molecular formula is C11H18N4O4. The van der Waals surface area contributed by atoms with Crippen LogP contribution in [0.2, 0.25) is 0 Å². The predicted octanol–water partition coefficient (Wildman–Crippen LogP) is 1.72. The van der Waals surface area contributed by atoms with Crippen LogP contribution < -0.4 is 0 Å². The van der Waals surface area contributed by atoms with Gasteiger partial charge in [-0.15, -0.1) is 0 Å². The van der Waals surface area contributed by atoms with Crippen molar-refractivity contribution in [1.82, 2.24) is 9.55 Å². The van der Waals surface area contributed by atoms with Gasteiger partial charge in [-0.25, -0.2) is 4.57 Å². The van der Waals surface area contributed by atoms with E-state index >= 15 is 0 Å². The van der Waals surface area contributed by atoms with Crippen LogP contribution >= 0.6 is 0 Å². The summed E-state index contributed by atoms with van der Waals surface area (Å²) in [5.74, 6) is -0.180. The molecule has 0 saturated carbocycles. The molecule has 8 heteroatoms. The van der Waals surface area contributed by atoms with Gasteiger partial charge in [0.1, 0.15) is 12.4 Å². The van der Waals surface area contributed by atoms with Gasteiger partial charge in [0.15, 0.2) is 0 Å². The van der Waals surface area contributed by atoms with Gasteiger partial charge in [-0.05, 0) is 23.7 Å². The lowest BCUT2D eigenvalue weighted by molar-refractivity contribution is -0.397. The average molecular weight is 270 g/mol. The quantitative estimate of drug-likeness (QED) is 0.439. The van der Waals surface area contributed by atoms with Crippen LogP contribution in [-0.4, -0.2) is 31.7 Å². The smallest absolute Gasteiger partial charge is 0.390 e. The minimum atomic E-state index is -0.768. The summed E-state index contributed by atoms with van der Waals surface area (Å²) in [6.07, 6.45) is 2.82. The summed E-state index contributed by atoms with van der Waals surface area (Å²) in [7, 11) is 0. The van der Waals surface area contributed by atoms with Gasteiger partial charge in [-0.3, -0.25) is 0 Å². The first kappa shape index (κ1) is 15.2. The second-order valence-corrected chi connectivity index (χ2v) is 4.78. The second kappa shape index (κ2) is 6.93. The zero-order valence-corrected chi connectivity index (χ0v) is 11.0. The van der Waals surface area contributed by atoms with Gasteiger partial charge in [-0.1, -0.05) is 24.0 Å². The van der Waals surface area contributed by atoms with Gasteiger partial charge in [0.25, 0.3) is 0 Å². The molecule has 106 valence electrons. The van der Waals surface area contributed by atoms with Crippen molar-refractivity contribution in [2.24, 2.45) is 11.1 Å². The van der Waals surface area contributed by atoms with Gasteiger partial charge in [-0.2, -0.15) is 4.91 Å². The number of aliphatic hydroxyl groups excluding tert-OH is 1. The van der Waals surface area contributed by atoms with Crippen LogP contribution in [0.5, 0.6) is 0 Å². The minimum Gasteiger partial charge on any atom is -0.390 e. The summed E-state index contributed by atoms with van der Waals surface area (Å²) in [4.78, 5) is 24.2. The molecule has 0 amide bonds. The fourth-order valence-electron chi connectivity index (χ4n) is 1.81. The molecule has 0 aliphatic carbocycles. The highest BCUT2D eigenvalue weighted by molar-refractivity contribution is 5.06. The van der Waals surface area contributed by atoms with Gasteiger partial charge < -0.3 is 15.2 Å². The molecule has 0 spiro atoms. The van der Waals surface area contributed by atoms with Gasteiger partial charge >= 0.3 is 5.95 Å². The van der Waals surface area contributed by atoms with Crippen LogP contribution in [0.25, 0.3) is 0 Å². The summed E-state index contributed by atoms with van der Waals surface area (Å²) in [5.41, 5.74) is 0. The number of nitrogens with zero attached hydrogens (tertiary/aromatic N) is 4. The van der Waals surface area contributed by atoms with Crippen LogP contribution in [0, 0.1) is 20.9 Å². The number of hydrogen-bond acceptors (Lipinski definition) is 6. The molecule has 1 N–H and O–H groups in total. The van der Waals surface area contributed by atoms with E-state index in [0.29, 0.717) is 12.8 Å². The summed E-state index contributed by atoms with van der Waals surface area (Å²) < 4.78 is 1.28. The van der Waals surface area contributed by atoms with E-state index < -0.39 is 11.0 Å². The lowest BCUT2D eigenvalue weighted by Gasteiger charge is -2.15. The van der Waals surface area contributed by atoms with Crippen molar-refractivity contribution >= 4 is 5.95 Å². The molecule has 2 atom stereocenters. The van der Waals surface area contributed by atoms with Crippen molar-refractivity contribution in [3.8, 4) is 0 Å². The minimum absolute atomic E-state index is 0.0833. The molecule has 1 rings (SSSR count). The van der Waals surface area contributed by atoms with Crippen molar-refractivity contribution < 1.29 is 10.0 Å². The molecular weight excluding hydrogens is 252 g/mol. The van der Waals surface area contributed by atoms with Crippen molar-refractivity contribution in [3.63, 3.8) is 0 Å². The third-order valence-electron chi connectivity index (χ3n) is 2.96. The lowest BCUT2D eigenvalue weighted by Crippen LogP contribution is -2.20. The predicted molar refractivity (Wildman–Crippen MR) is 68.5 cm³/mol. The molecule has 0 aliphatic heterocycles. The molecule has 0 aliphatic rings. The molecule has 8 nitrogen and oxygen atoms in total. The number of rotatable bonds is 8. The fourth-order valence-corrected chi connectivity index (χ4v) is 1.81. The Morgan fingerprint density at radius 3 is 2.74 bits per heavy atom. The van der Waals surface area contributed by atoms with E-state index in [4.69, 9.17) is 0 Å². The number of hydrogen-bond donors (Lipinski definition) is 1. The molecule has 0 saturated heterocycles. The first-order valence-electron chi connectivity index (χ1n) is 6.11. The Balaban J connectivity index is 2.51. The summed E-state index contributed by atoms with van der Waals surface area (Å²) in [5, 5.41) is 23.5. The Labute approximate surface area is 110 Å². The second-order valence-electron chi connectivity index (χ2n) is 4.78. The number of nitro groups is 1. The Morgan fingerprint density at radius 1 is 1.53 bits per heavy atom. The van der Waals surface area contributed by atoms with E-state index in [9.17, 15) is 20.1 Å². The van der Waals surface area contributed by atoms with Crippen molar-refractivity contribution in [2.45, 2.75) is 45.4 Å². The topological polar surface area (TPSA) is 111 Å². The molecule has 0 bridgehead atoms. The molecule has 0 fully saturated rings. The summed E-state index contributed by atoms with van der Waals surface area (Å²) in [6.45, 7) is 3.86. The van der Waals surface area contributed by atoms with E-state index in [1.807, 2.05) is 13.8 Å². The van der Waals surface area contributed by atoms with Crippen LogP contribution in [0.4, 0.5) is 5.95 Å². The number of nitroso groups, excluding NO2 is 1. The standard InChI is InChI=1S/C11H18N4O4/c1-8(2)10(13-17)4-3-9(16)7-14-6-5-12-11(14)15(18)19/h5-6,8-10,16H,3-4,7H2,1-2H3. The first-order valence-corrected chi connectivity index (χ1v) is 6.11. The Hall–Kier alpha value is -1.83. The van der Waals surface area contributed by atoms with E-state index in [0.717, 1.165) is 0 Å². The van der Waals surface area contributed by atoms with E-state index in [2.05, 4.69) is 10.2 Å². The fraction of sp³-hybridized carbons (Fsp3) is 0.727. The lowest BCUT2D eigenvalue weighted by atomic mass is 9.98. The summed E-state index contributed by atoms with van der Waals surface area (Å²) >= 11 is 0. The molecule has 19 heavy (non-hydrogen) atoms. The maximum absolute atomic E-state index is 10.7. The molecule has 1 aromatic heterocycles. The Kier molecular flexibility index (Phi) is 5.56. The average Bonchev–Trinajstić information content (AvgIpc) is 2.77. The van der Waals surface area contributed by atoms with Crippen LogP contribution in [0.1, 0.15) is 26.7 Å². The maximum Gasteiger partial charge on any atom is 0.434 e. The molecule has 1 heterocycles. The van der Waals surface area contributed by atoms with Crippen molar-refractivity contribution in [1.29, 1.82) is 0 Å². The Bertz CT molecular complexity index is 432. The monoisotopic (exact) mass is 270 g/mol. The van der Waals surface area contributed by atoms with E-state index in [1.165, 1.54) is 17.0 Å². The summed E-state index contributed by atoms with van der Waals surface area (Å²) in [6, 6.07) is -0.340. The third kappa shape index (κ3) is 4.40. The molecule has 2 unspecified atom stereocenters. The van der Waals surface area contributed by atoms with Crippen LogP contribution in [-0.2, 0) is 6.54 Å². The molecule has 0 radical (unpaired) electrons. The number of aromatic nitrogens is 2. The van der Waals surface area contributed by atoms with Crippen molar-refractivity contribution in [2.75, 3.05) is 0 Å². The largest absolute Gasteiger partial charge is 0.434 e. The van der Waals surface area contributed by atoms with Gasteiger partial charge in [0, 0.05) is 0 Å². The number of imidazole rings is 1. The molecule has 1 aromatic rings. The third-order valence-corrected chi connectivity index (χ3v) is 2.96. The highest BCUT2D eigenvalue weighted by Crippen LogP contribution is 2.16. The SMILES string of the molecule is CC(C)C(CCC(O)Cn1ccnc1[N+](=O)[O-])N=O. The molecule has 0 aromatic carbocycles. The van der Waals surface area contributed by atoms with Crippen molar-refractivity contribution in [3.05, 3.63) is 27.4 Å². The van der Waals surface area contributed by atoms with Gasteiger partial charge in [0.05, 0.1) is 18.7 Å². The van der Waals surface area contributed by atoms with E-state index in [1.54, 1.807) is 0 Å². The zero-order valence-electron chi connectivity index (χ0n) is 11.0. The van der Waals surface area contributed by atoms with E-state index in [-0.39, 0.29) is 24.5 Å². The van der Waals surface area contributed by atoms with Crippen LogP contribution in [0.15, 0.2) is 17.6 Å².